The first kappa shape index (κ1) is 11.3. The highest BCUT2D eigenvalue weighted by atomic mass is 15.2. The number of nitrogens with two attached hydrogens (primary N) is 1. The molecule has 2 N–H and O–H groups in total. The Hall–Kier alpha value is -1.16. The van der Waals surface area contributed by atoms with Crippen LogP contribution in [0, 0.1) is 5.92 Å². The molecule has 0 radical (unpaired) electrons. The summed E-state index contributed by atoms with van der Waals surface area (Å²) in [6.45, 7) is 4.98. The number of hydrogen-bond donors (Lipinski definition) is 1. The smallest absolute Gasteiger partial charge is 0.225 e. The van der Waals surface area contributed by atoms with Gasteiger partial charge in [0.1, 0.15) is 0 Å². The molecule has 1 atom stereocenters. The van der Waals surface area contributed by atoms with Crippen molar-refractivity contribution in [3.8, 4) is 0 Å². The van der Waals surface area contributed by atoms with E-state index in [-0.39, 0.29) is 0 Å². The van der Waals surface area contributed by atoms with Crippen LogP contribution < -0.4 is 10.6 Å². The van der Waals surface area contributed by atoms with Crippen LogP contribution in [-0.2, 0) is 6.54 Å². The summed E-state index contributed by atoms with van der Waals surface area (Å²) in [5.74, 6) is 1.68. The highest BCUT2D eigenvalue weighted by Crippen LogP contribution is 2.19. The number of anilines is 1. The van der Waals surface area contributed by atoms with Crippen molar-refractivity contribution >= 4 is 5.95 Å². The molecule has 0 saturated carbocycles. The van der Waals surface area contributed by atoms with Crippen molar-refractivity contribution in [3.05, 3.63) is 18.0 Å². The first-order valence-corrected chi connectivity index (χ1v) is 6.05. The minimum atomic E-state index is 0.511. The lowest BCUT2D eigenvalue weighted by molar-refractivity contribution is 0.521. The van der Waals surface area contributed by atoms with Gasteiger partial charge < -0.3 is 10.6 Å². The van der Waals surface area contributed by atoms with E-state index >= 15 is 0 Å². The van der Waals surface area contributed by atoms with E-state index in [9.17, 15) is 0 Å². The zero-order valence-electron chi connectivity index (χ0n) is 9.89. The van der Waals surface area contributed by atoms with Gasteiger partial charge in [0.2, 0.25) is 5.95 Å². The lowest BCUT2D eigenvalue weighted by Crippen LogP contribution is -2.26. The second kappa shape index (κ2) is 5.25. The number of hydrogen-bond acceptors (Lipinski definition) is 4. The Morgan fingerprint density at radius 1 is 1.31 bits per heavy atom. The third kappa shape index (κ3) is 2.70. The Morgan fingerprint density at radius 2 is 2.06 bits per heavy atom. The van der Waals surface area contributed by atoms with Crippen LogP contribution in [0.25, 0.3) is 0 Å². The second-order valence-electron chi connectivity index (χ2n) is 4.62. The molecule has 1 aliphatic rings. The topological polar surface area (TPSA) is 55.0 Å². The minimum absolute atomic E-state index is 0.511. The van der Waals surface area contributed by atoms with Gasteiger partial charge in [-0.25, -0.2) is 9.97 Å². The van der Waals surface area contributed by atoms with E-state index in [4.69, 9.17) is 5.73 Å². The molecule has 1 aliphatic heterocycles. The molecule has 4 heteroatoms. The normalized spacial score (nSPS) is 21.9. The van der Waals surface area contributed by atoms with Crippen LogP contribution in [0.2, 0.25) is 0 Å². The zero-order chi connectivity index (χ0) is 11.4. The Morgan fingerprint density at radius 3 is 2.75 bits per heavy atom. The number of nitrogens with zero attached hydrogens (tertiary/aromatic N) is 3. The molecule has 1 aromatic rings. The summed E-state index contributed by atoms with van der Waals surface area (Å²) in [4.78, 5) is 11.0. The fourth-order valence-electron chi connectivity index (χ4n) is 2.08. The molecule has 0 aromatic carbocycles. The van der Waals surface area contributed by atoms with Gasteiger partial charge in [-0.05, 0) is 25.2 Å². The van der Waals surface area contributed by atoms with Gasteiger partial charge in [-0.15, -0.1) is 0 Å². The summed E-state index contributed by atoms with van der Waals surface area (Å²) in [5, 5.41) is 0. The Balaban J connectivity index is 2.04. The van der Waals surface area contributed by atoms with Crippen LogP contribution in [0.5, 0.6) is 0 Å². The van der Waals surface area contributed by atoms with E-state index in [1.54, 1.807) is 0 Å². The first-order valence-electron chi connectivity index (χ1n) is 6.05. The predicted molar refractivity (Wildman–Crippen MR) is 65.2 cm³/mol. The van der Waals surface area contributed by atoms with Gasteiger partial charge in [0.15, 0.2) is 0 Å². The molecule has 1 fully saturated rings. The standard InChI is InChI=1S/C12H20N4/c1-10-3-2-5-16(6-4-10)12-14-8-11(7-13)9-15-12/h8-10H,2-7,13H2,1H3. The van der Waals surface area contributed by atoms with Crippen LogP contribution in [0.1, 0.15) is 31.7 Å². The van der Waals surface area contributed by atoms with E-state index < -0.39 is 0 Å². The molecule has 16 heavy (non-hydrogen) atoms. The SMILES string of the molecule is CC1CCCN(c2ncc(CN)cn2)CC1. The van der Waals surface area contributed by atoms with Gasteiger partial charge in [0.05, 0.1) is 0 Å². The van der Waals surface area contributed by atoms with Gasteiger partial charge in [-0.1, -0.05) is 6.92 Å². The molecule has 0 aliphatic carbocycles. The Kier molecular flexibility index (Phi) is 3.72. The molecule has 1 saturated heterocycles. The maximum absolute atomic E-state index is 5.53. The average Bonchev–Trinajstić information content (AvgIpc) is 2.54. The van der Waals surface area contributed by atoms with Crippen molar-refractivity contribution in [1.29, 1.82) is 0 Å². The van der Waals surface area contributed by atoms with Crippen molar-refractivity contribution in [3.63, 3.8) is 0 Å². The molecular formula is C12H20N4. The van der Waals surface area contributed by atoms with Gasteiger partial charge in [-0.3, -0.25) is 0 Å². The maximum atomic E-state index is 5.53. The van der Waals surface area contributed by atoms with Gasteiger partial charge in [0, 0.05) is 37.6 Å². The third-order valence-corrected chi connectivity index (χ3v) is 3.23. The maximum Gasteiger partial charge on any atom is 0.225 e. The third-order valence-electron chi connectivity index (χ3n) is 3.23. The average molecular weight is 220 g/mol. The Labute approximate surface area is 96.9 Å². The monoisotopic (exact) mass is 220 g/mol. The van der Waals surface area contributed by atoms with Crippen molar-refractivity contribution in [1.82, 2.24) is 9.97 Å². The largest absolute Gasteiger partial charge is 0.341 e. The van der Waals surface area contributed by atoms with Gasteiger partial charge in [-0.2, -0.15) is 0 Å². The fraction of sp³-hybridized carbons (Fsp3) is 0.667. The predicted octanol–water partition coefficient (Wildman–Crippen LogP) is 1.56. The van der Waals surface area contributed by atoms with Crippen molar-refractivity contribution in [2.75, 3.05) is 18.0 Å². The highest BCUT2D eigenvalue weighted by molar-refractivity contribution is 5.29. The highest BCUT2D eigenvalue weighted by Gasteiger charge is 2.15. The van der Waals surface area contributed by atoms with Crippen LogP contribution in [0.3, 0.4) is 0 Å². The molecule has 4 nitrogen and oxygen atoms in total. The molecular weight excluding hydrogens is 200 g/mol. The van der Waals surface area contributed by atoms with Gasteiger partial charge in [0.25, 0.3) is 0 Å². The quantitative estimate of drug-likeness (QED) is 0.822. The minimum Gasteiger partial charge on any atom is -0.341 e. The number of aromatic nitrogens is 2. The van der Waals surface area contributed by atoms with E-state index in [1.165, 1.54) is 19.3 Å². The summed E-state index contributed by atoms with van der Waals surface area (Å²) in [6, 6.07) is 0. The van der Waals surface area contributed by atoms with Crippen molar-refractivity contribution in [2.45, 2.75) is 32.7 Å². The molecule has 0 bridgehead atoms. The summed E-state index contributed by atoms with van der Waals surface area (Å²) in [6.07, 6.45) is 7.45. The second-order valence-corrected chi connectivity index (χ2v) is 4.62. The van der Waals surface area contributed by atoms with Crippen LogP contribution in [0.4, 0.5) is 5.95 Å². The van der Waals surface area contributed by atoms with E-state index in [0.29, 0.717) is 6.54 Å². The molecule has 1 aromatic heterocycles. The molecule has 2 rings (SSSR count). The van der Waals surface area contributed by atoms with Crippen molar-refractivity contribution < 1.29 is 0 Å². The van der Waals surface area contributed by atoms with Crippen LogP contribution >= 0.6 is 0 Å². The number of rotatable bonds is 2. The van der Waals surface area contributed by atoms with Crippen molar-refractivity contribution in [2.24, 2.45) is 11.7 Å². The molecule has 1 unspecified atom stereocenters. The summed E-state index contributed by atoms with van der Waals surface area (Å²) in [5.41, 5.74) is 6.52. The van der Waals surface area contributed by atoms with E-state index in [1.807, 2.05) is 12.4 Å². The molecule has 2 heterocycles. The summed E-state index contributed by atoms with van der Waals surface area (Å²) in [7, 11) is 0. The van der Waals surface area contributed by atoms with Crippen LogP contribution in [-0.4, -0.2) is 23.1 Å². The van der Waals surface area contributed by atoms with E-state index in [0.717, 1.165) is 30.5 Å². The first-order chi connectivity index (χ1) is 7.79. The summed E-state index contributed by atoms with van der Waals surface area (Å²) >= 11 is 0. The molecule has 88 valence electrons. The fourth-order valence-corrected chi connectivity index (χ4v) is 2.08. The molecule has 0 spiro atoms. The van der Waals surface area contributed by atoms with Gasteiger partial charge >= 0.3 is 0 Å². The lowest BCUT2D eigenvalue weighted by Gasteiger charge is -2.20. The van der Waals surface area contributed by atoms with E-state index in [2.05, 4.69) is 21.8 Å². The summed E-state index contributed by atoms with van der Waals surface area (Å²) < 4.78 is 0. The lowest BCUT2D eigenvalue weighted by atomic mass is 10.0. The zero-order valence-corrected chi connectivity index (χ0v) is 9.89. The Bertz CT molecular complexity index is 322. The van der Waals surface area contributed by atoms with Crippen LogP contribution in [0.15, 0.2) is 12.4 Å². The molecule has 0 amide bonds.